The van der Waals surface area contributed by atoms with Gasteiger partial charge in [0, 0.05) is 11.9 Å². The number of nitrogens with two attached hydrogens (primary N) is 3. The van der Waals surface area contributed by atoms with Crippen molar-refractivity contribution in [3.05, 3.63) is 27.7 Å². The van der Waals surface area contributed by atoms with Gasteiger partial charge in [0.05, 0.1) is 11.3 Å². The molecule has 0 saturated heterocycles. The molecule has 0 fully saturated rings. The van der Waals surface area contributed by atoms with E-state index in [4.69, 9.17) is 17.4 Å². The van der Waals surface area contributed by atoms with Gasteiger partial charge in [-0.2, -0.15) is 10.1 Å². The van der Waals surface area contributed by atoms with E-state index >= 15 is 0 Å². The number of pyridine rings is 1. The van der Waals surface area contributed by atoms with Gasteiger partial charge in [-0.15, -0.1) is 0 Å². The quantitative estimate of drug-likeness (QED) is 0.232. The van der Waals surface area contributed by atoms with Crippen LogP contribution in [0.5, 0.6) is 0 Å². The van der Waals surface area contributed by atoms with Crippen LogP contribution in [0.4, 0.5) is 5.95 Å². The molecule has 2 aromatic heterocycles. The number of fused-ring (bicyclic) bond motifs is 1. The third-order valence-electron chi connectivity index (χ3n) is 2.99. The highest BCUT2D eigenvalue weighted by atomic mass is 16.1. The number of rotatable bonds is 2. The number of nitrogen functional groups attached to an aromatic ring is 1. The van der Waals surface area contributed by atoms with E-state index in [1.54, 1.807) is 13.0 Å². The van der Waals surface area contributed by atoms with E-state index < -0.39 is 0 Å². The summed E-state index contributed by atoms with van der Waals surface area (Å²) in [4.78, 5) is 20.6. The number of amidine groups is 1. The zero-order chi connectivity index (χ0) is 14.9. The van der Waals surface area contributed by atoms with E-state index in [-0.39, 0.29) is 22.9 Å². The van der Waals surface area contributed by atoms with Crippen LogP contribution in [-0.4, -0.2) is 20.4 Å². The largest absolute Gasteiger partial charge is 0.368 e. The number of hydrazine groups is 1. The van der Waals surface area contributed by atoms with Crippen LogP contribution in [0, 0.1) is 6.92 Å². The molecule has 7 N–H and O–H groups in total. The summed E-state index contributed by atoms with van der Waals surface area (Å²) >= 11 is 0. The lowest BCUT2D eigenvalue weighted by molar-refractivity contribution is 0.745. The third kappa shape index (κ3) is 2.03. The molecule has 20 heavy (non-hydrogen) atoms. The first-order valence-electron chi connectivity index (χ1n) is 5.96. The molecule has 0 radical (unpaired) electrons. The van der Waals surface area contributed by atoms with Gasteiger partial charge in [-0.05, 0) is 19.9 Å². The van der Waals surface area contributed by atoms with Gasteiger partial charge in [0.15, 0.2) is 5.84 Å². The standard InChI is InChI=1S/C11H16N8O/c1-3-19-9-6(5(2)15-11(12)16-9)4-7(10(19)20)8(17-13)18-14/h4H,3,13-14H2,1-2H3,(H,17,18)(H2,12,15,16). The fourth-order valence-corrected chi connectivity index (χ4v) is 2.06. The number of anilines is 1. The predicted octanol–water partition coefficient (Wildman–Crippen LogP) is -1.21. The van der Waals surface area contributed by atoms with Crippen LogP contribution < -0.4 is 28.4 Å². The molecule has 0 spiro atoms. The van der Waals surface area contributed by atoms with Crippen molar-refractivity contribution in [2.24, 2.45) is 16.8 Å². The monoisotopic (exact) mass is 276 g/mol. The van der Waals surface area contributed by atoms with Gasteiger partial charge < -0.3 is 17.0 Å². The highest BCUT2D eigenvalue weighted by Gasteiger charge is 2.15. The second-order valence-electron chi connectivity index (χ2n) is 4.13. The molecule has 0 atom stereocenters. The molecule has 0 amide bonds. The topological polar surface area (TPSA) is 150 Å². The molecule has 0 aliphatic rings. The van der Waals surface area contributed by atoms with Crippen molar-refractivity contribution >= 4 is 22.8 Å². The third-order valence-corrected chi connectivity index (χ3v) is 2.99. The first kappa shape index (κ1) is 13.7. The minimum atomic E-state index is -0.306. The summed E-state index contributed by atoms with van der Waals surface area (Å²) in [6.07, 6.45) is 0. The Morgan fingerprint density at radius 2 is 2.20 bits per heavy atom. The predicted molar refractivity (Wildman–Crippen MR) is 76.7 cm³/mol. The Morgan fingerprint density at radius 1 is 1.50 bits per heavy atom. The molecule has 0 aliphatic carbocycles. The molecule has 106 valence electrons. The smallest absolute Gasteiger partial charge is 0.263 e. The lowest BCUT2D eigenvalue weighted by atomic mass is 10.1. The normalized spacial score (nSPS) is 11.8. The Bertz CT molecular complexity index is 748. The van der Waals surface area contributed by atoms with Crippen LogP contribution in [0.3, 0.4) is 0 Å². The summed E-state index contributed by atoms with van der Waals surface area (Å²) in [6, 6.07) is 1.60. The molecular formula is C11H16N8O. The summed E-state index contributed by atoms with van der Waals surface area (Å²) in [7, 11) is 0. The highest BCUT2D eigenvalue weighted by molar-refractivity contribution is 6.00. The Kier molecular flexibility index (Phi) is 3.53. The number of nitrogens with zero attached hydrogens (tertiary/aromatic N) is 4. The lowest BCUT2D eigenvalue weighted by Gasteiger charge is -2.12. The molecule has 2 heterocycles. The maximum absolute atomic E-state index is 12.4. The lowest BCUT2D eigenvalue weighted by Crippen LogP contribution is -2.38. The summed E-state index contributed by atoms with van der Waals surface area (Å²) in [6.45, 7) is 4.03. The van der Waals surface area contributed by atoms with Gasteiger partial charge in [-0.3, -0.25) is 9.36 Å². The van der Waals surface area contributed by atoms with Gasteiger partial charge in [-0.25, -0.2) is 10.8 Å². The van der Waals surface area contributed by atoms with Crippen LogP contribution in [-0.2, 0) is 6.54 Å². The van der Waals surface area contributed by atoms with Crippen molar-refractivity contribution in [1.82, 2.24) is 20.0 Å². The number of hydrazone groups is 1. The summed E-state index contributed by atoms with van der Waals surface area (Å²) in [5.41, 5.74) is 9.01. The maximum Gasteiger partial charge on any atom is 0.263 e. The van der Waals surface area contributed by atoms with Crippen molar-refractivity contribution in [2.45, 2.75) is 20.4 Å². The Balaban J connectivity index is 2.95. The minimum Gasteiger partial charge on any atom is -0.368 e. The van der Waals surface area contributed by atoms with Crippen molar-refractivity contribution in [3.8, 4) is 0 Å². The molecule has 0 saturated carbocycles. The maximum atomic E-state index is 12.4. The van der Waals surface area contributed by atoms with Crippen molar-refractivity contribution < 1.29 is 0 Å². The van der Waals surface area contributed by atoms with Crippen molar-refractivity contribution in [1.29, 1.82) is 0 Å². The van der Waals surface area contributed by atoms with Gasteiger partial charge in [-0.1, -0.05) is 0 Å². The van der Waals surface area contributed by atoms with E-state index in [0.29, 0.717) is 23.3 Å². The molecular weight excluding hydrogens is 260 g/mol. The van der Waals surface area contributed by atoms with Crippen LogP contribution in [0.1, 0.15) is 18.2 Å². The minimum absolute atomic E-state index is 0.0929. The Hall–Kier alpha value is -2.68. The molecule has 2 rings (SSSR count). The van der Waals surface area contributed by atoms with Crippen LogP contribution in [0.2, 0.25) is 0 Å². The second-order valence-corrected chi connectivity index (χ2v) is 4.13. The molecule has 0 aromatic carbocycles. The van der Waals surface area contributed by atoms with E-state index in [0.717, 1.165) is 0 Å². The van der Waals surface area contributed by atoms with Crippen LogP contribution in [0.25, 0.3) is 11.0 Å². The zero-order valence-electron chi connectivity index (χ0n) is 11.2. The molecule has 9 heteroatoms. The number of aromatic nitrogens is 3. The SMILES string of the molecule is CCn1c(=O)c(/C(=N/N)NN)cc2c(C)nc(N)nc21. The Morgan fingerprint density at radius 3 is 2.75 bits per heavy atom. The fourth-order valence-electron chi connectivity index (χ4n) is 2.06. The molecule has 0 unspecified atom stereocenters. The molecule has 9 nitrogen and oxygen atoms in total. The van der Waals surface area contributed by atoms with Crippen molar-refractivity contribution in [3.63, 3.8) is 0 Å². The average Bonchev–Trinajstić information content (AvgIpc) is 2.41. The van der Waals surface area contributed by atoms with Crippen LogP contribution in [0.15, 0.2) is 16.0 Å². The van der Waals surface area contributed by atoms with E-state index in [9.17, 15) is 4.79 Å². The number of hydrogen-bond donors (Lipinski definition) is 4. The average molecular weight is 276 g/mol. The first-order chi connectivity index (χ1) is 9.53. The van der Waals surface area contributed by atoms with Crippen LogP contribution >= 0.6 is 0 Å². The van der Waals surface area contributed by atoms with E-state index in [2.05, 4.69) is 20.5 Å². The second kappa shape index (κ2) is 5.13. The van der Waals surface area contributed by atoms with Gasteiger partial charge >= 0.3 is 0 Å². The number of nitrogens with one attached hydrogen (secondary N) is 1. The number of aryl methyl sites for hydroxylation is 2. The van der Waals surface area contributed by atoms with Gasteiger partial charge in [0.25, 0.3) is 5.56 Å². The molecule has 0 aliphatic heterocycles. The Labute approximate surface area is 114 Å². The summed E-state index contributed by atoms with van der Waals surface area (Å²) in [5, 5.41) is 4.16. The molecule has 0 bridgehead atoms. The van der Waals surface area contributed by atoms with E-state index in [1.165, 1.54) is 4.57 Å². The summed E-state index contributed by atoms with van der Waals surface area (Å²) in [5.74, 6) is 10.8. The molecule has 2 aromatic rings. The van der Waals surface area contributed by atoms with Crippen molar-refractivity contribution in [2.75, 3.05) is 5.73 Å². The van der Waals surface area contributed by atoms with E-state index in [1.807, 2.05) is 6.92 Å². The zero-order valence-corrected chi connectivity index (χ0v) is 11.2. The fraction of sp³-hybridized carbons (Fsp3) is 0.273. The number of hydrogen-bond acceptors (Lipinski definition) is 7. The van der Waals surface area contributed by atoms with Gasteiger partial charge in [0.1, 0.15) is 5.65 Å². The first-order valence-corrected chi connectivity index (χ1v) is 5.96. The summed E-state index contributed by atoms with van der Waals surface area (Å²) < 4.78 is 1.47. The highest BCUT2D eigenvalue weighted by Crippen LogP contribution is 2.16. The van der Waals surface area contributed by atoms with Gasteiger partial charge in [0.2, 0.25) is 5.95 Å².